The number of aromatic nitrogens is 1. The summed E-state index contributed by atoms with van der Waals surface area (Å²) in [5, 5.41) is 2.40. The van der Waals surface area contributed by atoms with E-state index < -0.39 is 21.7 Å². The number of H-pyrrole nitrogens is 1. The molecule has 2 aromatic rings. The lowest BCUT2D eigenvalue weighted by atomic mass is 10.3. The molecule has 1 aromatic heterocycles. The molecule has 10 heteroatoms. The Morgan fingerprint density at radius 2 is 2.00 bits per heavy atom. The minimum Gasteiger partial charge on any atom is -0.379 e. The number of carbonyl (C=O) groups excluding carboxylic acids is 1. The van der Waals surface area contributed by atoms with Gasteiger partial charge in [-0.3, -0.25) is 4.79 Å². The zero-order chi connectivity index (χ0) is 18.0. The molecule has 7 nitrogen and oxygen atoms in total. The average Bonchev–Trinajstić information content (AvgIpc) is 3.09. The Hall–Kier alpha value is -1.75. The summed E-state index contributed by atoms with van der Waals surface area (Å²) >= 11 is 3.13. The van der Waals surface area contributed by atoms with Gasteiger partial charge in [0.05, 0.1) is 18.9 Å². The molecule has 0 unspecified atom stereocenters. The van der Waals surface area contributed by atoms with Crippen molar-refractivity contribution >= 4 is 37.5 Å². The highest BCUT2D eigenvalue weighted by molar-refractivity contribution is 9.10. The fourth-order valence-corrected chi connectivity index (χ4v) is 4.11. The second-order valence-corrected chi connectivity index (χ2v) is 8.20. The van der Waals surface area contributed by atoms with Crippen LogP contribution in [-0.2, 0) is 14.8 Å². The second kappa shape index (κ2) is 7.24. The zero-order valence-electron chi connectivity index (χ0n) is 13.0. The molecule has 0 bridgehead atoms. The number of hydrogen-bond donors (Lipinski definition) is 2. The Bertz CT molecular complexity index is 894. The van der Waals surface area contributed by atoms with Crippen molar-refractivity contribution in [2.24, 2.45) is 0 Å². The van der Waals surface area contributed by atoms with E-state index in [0.29, 0.717) is 17.7 Å². The summed E-state index contributed by atoms with van der Waals surface area (Å²) in [5.74, 6) is -1.24. The summed E-state index contributed by atoms with van der Waals surface area (Å²) in [6.45, 7) is 1.19. The molecule has 1 aliphatic rings. The number of rotatable bonds is 4. The van der Waals surface area contributed by atoms with Crippen molar-refractivity contribution in [3.63, 3.8) is 0 Å². The van der Waals surface area contributed by atoms with Gasteiger partial charge in [-0.1, -0.05) is 15.9 Å². The lowest BCUT2D eigenvalue weighted by molar-refractivity contribution is 0.0730. The maximum atomic E-state index is 13.8. The van der Waals surface area contributed by atoms with Gasteiger partial charge in [0.2, 0.25) is 10.0 Å². The third-order valence-electron chi connectivity index (χ3n) is 3.69. The topological polar surface area (TPSA) is 91.5 Å². The van der Waals surface area contributed by atoms with E-state index in [2.05, 4.69) is 26.2 Å². The Morgan fingerprint density at radius 1 is 1.28 bits per heavy atom. The highest BCUT2D eigenvalue weighted by Gasteiger charge is 2.28. The van der Waals surface area contributed by atoms with E-state index in [1.54, 1.807) is 6.07 Å². The van der Waals surface area contributed by atoms with Crippen LogP contribution in [0.1, 0.15) is 10.5 Å². The fourth-order valence-electron chi connectivity index (χ4n) is 2.37. The maximum Gasteiger partial charge on any atom is 0.272 e. The number of ether oxygens (including phenoxy) is 1. The van der Waals surface area contributed by atoms with Crippen LogP contribution in [0.4, 0.5) is 10.1 Å². The van der Waals surface area contributed by atoms with Crippen molar-refractivity contribution in [1.82, 2.24) is 9.29 Å². The van der Waals surface area contributed by atoms with Crippen molar-refractivity contribution in [3.8, 4) is 0 Å². The number of sulfonamides is 1. The predicted molar refractivity (Wildman–Crippen MR) is 92.4 cm³/mol. The van der Waals surface area contributed by atoms with Gasteiger partial charge in [-0.2, -0.15) is 4.31 Å². The third-order valence-corrected chi connectivity index (χ3v) is 6.06. The number of nitrogens with zero attached hydrogens (tertiary/aromatic N) is 1. The molecule has 134 valence electrons. The van der Waals surface area contributed by atoms with Crippen LogP contribution >= 0.6 is 15.9 Å². The van der Waals surface area contributed by atoms with E-state index in [4.69, 9.17) is 4.74 Å². The highest BCUT2D eigenvalue weighted by atomic mass is 79.9. The Morgan fingerprint density at radius 3 is 2.68 bits per heavy atom. The number of anilines is 1. The first-order valence-corrected chi connectivity index (χ1v) is 9.64. The summed E-state index contributed by atoms with van der Waals surface area (Å²) in [5.41, 5.74) is 0.0227. The number of halogens is 2. The van der Waals surface area contributed by atoms with E-state index in [1.807, 2.05) is 0 Å². The van der Waals surface area contributed by atoms with Crippen molar-refractivity contribution < 1.29 is 22.3 Å². The quantitative estimate of drug-likeness (QED) is 0.775. The SMILES string of the molecule is O=C(Nc1ccc(Br)cc1F)c1cc(S(=O)(=O)N2CCOCC2)c[nH]1. The maximum absolute atomic E-state index is 13.8. The number of nitrogens with one attached hydrogen (secondary N) is 2. The molecule has 1 amide bonds. The van der Waals surface area contributed by atoms with Gasteiger partial charge in [-0.25, -0.2) is 12.8 Å². The van der Waals surface area contributed by atoms with Crippen molar-refractivity contribution in [2.75, 3.05) is 31.6 Å². The molecular formula is C15H15BrFN3O4S. The van der Waals surface area contributed by atoms with Crippen LogP contribution in [0.25, 0.3) is 0 Å². The number of carbonyl (C=O) groups is 1. The number of benzene rings is 1. The molecule has 1 aromatic carbocycles. The largest absolute Gasteiger partial charge is 0.379 e. The van der Waals surface area contributed by atoms with E-state index in [0.717, 1.165) is 0 Å². The van der Waals surface area contributed by atoms with Crippen molar-refractivity contribution in [1.29, 1.82) is 0 Å². The standard InChI is InChI=1S/C15H15BrFN3O4S/c16-10-1-2-13(12(17)7-10)19-15(21)14-8-11(9-18-14)25(22,23)20-3-5-24-6-4-20/h1-2,7-9,18H,3-6H2,(H,19,21). The van der Waals surface area contributed by atoms with Gasteiger partial charge in [0.15, 0.2) is 0 Å². The molecule has 2 heterocycles. The van der Waals surface area contributed by atoms with Crippen LogP contribution in [0.15, 0.2) is 39.8 Å². The molecule has 25 heavy (non-hydrogen) atoms. The third kappa shape index (κ3) is 3.92. The summed E-state index contributed by atoms with van der Waals surface area (Å²) in [7, 11) is -3.70. The minimum atomic E-state index is -3.70. The van der Waals surface area contributed by atoms with E-state index in [9.17, 15) is 17.6 Å². The first kappa shape index (κ1) is 18.1. The van der Waals surface area contributed by atoms with Gasteiger partial charge in [0.25, 0.3) is 5.91 Å². The van der Waals surface area contributed by atoms with Gasteiger partial charge in [0.1, 0.15) is 16.4 Å². The summed E-state index contributed by atoms with van der Waals surface area (Å²) in [6, 6.07) is 5.45. The van der Waals surface area contributed by atoms with Crippen molar-refractivity contribution in [3.05, 3.63) is 46.4 Å². The number of amides is 1. The second-order valence-electron chi connectivity index (χ2n) is 5.34. The highest BCUT2D eigenvalue weighted by Crippen LogP contribution is 2.21. The molecule has 1 aliphatic heterocycles. The molecule has 1 saturated heterocycles. The fraction of sp³-hybridized carbons (Fsp3) is 0.267. The summed E-state index contributed by atoms with van der Waals surface area (Å²) < 4.78 is 45.8. The molecule has 0 spiro atoms. The molecule has 0 saturated carbocycles. The van der Waals surface area contributed by atoms with Crippen LogP contribution in [0.5, 0.6) is 0 Å². The Labute approximate surface area is 152 Å². The van der Waals surface area contributed by atoms with Gasteiger partial charge >= 0.3 is 0 Å². The molecule has 0 aliphatic carbocycles. The summed E-state index contributed by atoms with van der Waals surface area (Å²) in [4.78, 5) is 14.8. The van der Waals surface area contributed by atoms with Crippen LogP contribution in [-0.4, -0.2) is 49.9 Å². The Balaban J connectivity index is 1.77. The van der Waals surface area contributed by atoms with E-state index in [-0.39, 0.29) is 29.4 Å². The van der Waals surface area contributed by atoms with E-state index in [1.165, 1.54) is 28.7 Å². The lowest BCUT2D eigenvalue weighted by Crippen LogP contribution is -2.40. The summed E-state index contributed by atoms with van der Waals surface area (Å²) in [6.07, 6.45) is 1.25. The smallest absolute Gasteiger partial charge is 0.272 e. The van der Waals surface area contributed by atoms with Crippen LogP contribution in [0.2, 0.25) is 0 Å². The number of hydrogen-bond acceptors (Lipinski definition) is 4. The van der Waals surface area contributed by atoms with Gasteiger partial charge < -0.3 is 15.0 Å². The molecule has 2 N–H and O–H groups in total. The first-order valence-electron chi connectivity index (χ1n) is 7.40. The average molecular weight is 432 g/mol. The Kier molecular flexibility index (Phi) is 5.23. The molecule has 3 rings (SSSR count). The first-order chi connectivity index (χ1) is 11.9. The van der Waals surface area contributed by atoms with Gasteiger partial charge in [0, 0.05) is 23.8 Å². The van der Waals surface area contributed by atoms with Crippen LogP contribution in [0, 0.1) is 5.82 Å². The zero-order valence-corrected chi connectivity index (χ0v) is 15.4. The van der Waals surface area contributed by atoms with Crippen molar-refractivity contribution in [2.45, 2.75) is 4.90 Å². The van der Waals surface area contributed by atoms with Crippen LogP contribution in [0.3, 0.4) is 0 Å². The van der Waals surface area contributed by atoms with Gasteiger partial charge in [-0.05, 0) is 24.3 Å². The molecular weight excluding hydrogens is 417 g/mol. The predicted octanol–water partition coefficient (Wildman–Crippen LogP) is 2.19. The molecule has 0 radical (unpaired) electrons. The monoisotopic (exact) mass is 431 g/mol. The minimum absolute atomic E-state index is 0.000358. The molecule has 1 fully saturated rings. The van der Waals surface area contributed by atoms with E-state index >= 15 is 0 Å². The number of aromatic amines is 1. The van der Waals surface area contributed by atoms with Gasteiger partial charge in [-0.15, -0.1) is 0 Å². The normalized spacial score (nSPS) is 15.9. The molecule has 0 atom stereocenters. The number of morpholine rings is 1. The van der Waals surface area contributed by atoms with Crippen LogP contribution < -0.4 is 5.32 Å². The lowest BCUT2D eigenvalue weighted by Gasteiger charge is -2.25.